The average Bonchev–Trinajstić information content (AvgIpc) is 2.46. The molecule has 0 fully saturated rings. The van der Waals surface area contributed by atoms with E-state index in [4.69, 9.17) is 0 Å². The first-order chi connectivity index (χ1) is 8.93. The smallest absolute Gasteiger partial charge is 0.133 e. The van der Waals surface area contributed by atoms with Crippen LogP contribution in [0.5, 0.6) is 0 Å². The normalized spacial score (nSPS) is 14.0. The first kappa shape index (κ1) is 11.1. The third-order valence-electron chi connectivity index (χ3n) is 3.31. The van der Waals surface area contributed by atoms with Crippen molar-refractivity contribution in [2.75, 3.05) is 5.32 Å². The summed E-state index contributed by atoms with van der Waals surface area (Å²) in [4.78, 5) is 12.8. The summed E-state index contributed by atoms with van der Waals surface area (Å²) in [5.74, 6) is 0.989. The molecule has 0 unspecified atom stereocenters. The topological polar surface area (TPSA) is 50.7 Å². The van der Waals surface area contributed by atoms with Gasteiger partial charge in [0.05, 0.1) is 0 Å². The van der Waals surface area contributed by atoms with Crippen molar-refractivity contribution < 1.29 is 0 Å². The Morgan fingerprint density at radius 1 is 1.17 bits per heavy atom. The lowest BCUT2D eigenvalue weighted by molar-refractivity contribution is 0.663. The Labute approximate surface area is 107 Å². The van der Waals surface area contributed by atoms with Gasteiger partial charge in [0, 0.05) is 30.2 Å². The summed E-state index contributed by atoms with van der Waals surface area (Å²) in [6.07, 6.45) is 9.98. The van der Waals surface area contributed by atoms with Crippen LogP contribution in [0.25, 0.3) is 0 Å². The van der Waals surface area contributed by atoms with Crippen molar-refractivity contribution in [3.05, 3.63) is 47.7 Å². The molecule has 0 aliphatic heterocycles. The minimum Gasteiger partial charge on any atom is -0.366 e. The van der Waals surface area contributed by atoms with Crippen LogP contribution in [0.15, 0.2) is 30.9 Å². The van der Waals surface area contributed by atoms with Gasteiger partial charge in [0.1, 0.15) is 12.1 Å². The molecule has 3 rings (SSSR count). The van der Waals surface area contributed by atoms with Crippen LogP contribution < -0.4 is 5.32 Å². The minimum atomic E-state index is 0.761. The van der Waals surface area contributed by atoms with Gasteiger partial charge in [-0.3, -0.25) is 4.98 Å². The molecule has 0 spiro atoms. The Morgan fingerprint density at radius 2 is 2.11 bits per heavy atom. The number of rotatable bonds is 3. The van der Waals surface area contributed by atoms with Gasteiger partial charge >= 0.3 is 0 Å². The Bertz CT molecular complexity index is 525. The average molecular weight is 240 g/mol. The van der Waals surface area contributed by atoms with Crippen molar-refractivity contribution in [2.24, 2.45) is 0 Å². The molecule has 0 bridgehead atoms. The van der Waals surface area contributed by atoms with Crippen molar-refractivity contribution in [3.8, 4) is 0 Å². The first-order valence-corrected chi connectivity index (χ1v) is 6.39. The van der Waals surface area contributed by atoms with Gasteiger partial charge in [0.25, 0.3) is 0 Å². The third-order valence-corrected chi connectivity index (χ3v) is 3.31. The fourth-order valence-electron chi connectivity index (χ4n) is 2.36. The molecule has 0 amide bonds. The Kier molecular flexibility index (Phi) is 3.17. The van der Waals surface area contributed by atoms with E-state index in [9.17, 15) is 0 Å². The zero-order valence-corrected chi connectivity index (χ0v) is 10.3. The number of nitrogens with zero attached hydrogens (tertiary/aromatic N) is 3. The number of anilines is 1. The molecular weight excluding hydrogens is 224 g/mol. The van der Waals surface area contributed by atoms with Crippen molar-refractivity contribution in [1.29, 1.82) is 0 Å². The zero-order valence-electron chi connectivity index (χ0n) is 10.3. The molecular formula is C14H16N4. The molecule has 2 heterocycles. The molecule has 0 atom stereocenters. The lowest BCUT2D eigenvalue weighted by Crippen LogP contribution is -2.12. The van der Waals surface area contributed by atoms with Crippen LogP contribution >= 0.6 is 0 Å². The molecule has 0 saturated carbocycles. The van der Waals surface area contributed by atoms with Gasteiger partial charge in [-0.15, -0.1) is 0 Å². The van der Waals surface area contributed by atoms with Gasteiger partial charge in [-0.1, -0.05) is 6.07 Å². The van der Waals surface area contributed by atoms with Crippen LogP contribution in [-0.2, 0) is 19.4 Å². The molecule has 2 aromatic heterocycles. The second kappa shape index (κ2) is 5.12. The van der Waals surface area contributed by atoms with Crippen molar-refractivity contribution in [3.63, 3.8) is 0 Å². The van der Waals surface area contributed by atoms with Crippen molar-refractivity contribution >= 4 is 5.82 Å². The molecule has 0 radical (unpaired) electrons. The van der Waals surface area contributed by atoms with Gasteiger partial charge in [-0.05, 0) is 37.3 Å². The van der Waals surface area contributed by atoms with E-state index in [1.165, 1.54) is 29.7 Å². The quantitative estimate of drug-likeness (QED) is 0.894. The van der Waals surface area contributed by atoms with E-state index in [0.717, 1.165) is 25.2 Å². The van der Waals surface area contributed by atoms with Gasteiger partial charge in [0.2, 0.25) is 0 Å². The van der Waals surface area contributed by atoms with E-state index < -0.39 is 0 Å². The number of fused-ring (bicyclic) bond motifs is 1. The van der Waals surface area contributed by atoms with E-state index in [-0.39, 0.29) is 0 Å². The SMILES string of the molecule is c1cncc(CNc2ncnc3c2CCCC3)c1. The molecule has 1 N–H and O–H groups in total. The van der Waals surface area contributed by atoms with E-state index >= 15 is 0 Å². The Hall–Kier alpha value is -1.97. The summed E-state index contributed by atoms with van der Waals surface area (Å²) in [6, 6.07) is 4.01. The summed E-state index contributed by atoms with van der Waals surface area (Å²) in [5, 5.41) is 3.40. The first-order valence-electron chi connectivity index (χ1n) is 6.39. The highest BCUT2D eigenvalue weighted by Gasteiger charge is 2.14. The predicted octanol–water partition coefficient (Wildman–Crippen LogP) is 2.36. The highest BCUT2D eigenvalue weighted by atomic mass is 15.0. The van der Waals surface area contributed by atoms with Gasteiger partial charge in [-0.25, -0.2) is 9.97 Å². The van der Waals surface area contributed by atoms with Crippen LogP contribution in [0.3, 0.4) is 0 Å². The van der Waals surface area contributed by atoms with Crippen LogP contribution in [0, 0.1) is 0 Å². The van der Waals surface area contributed by atoms with E-state index in [0.29, 0.717) is 0 Å². The van der Waals surface area contributed by atoms with Crippen molar-refractivity contribution in [2.45, 2.75) is 32.2 Å². The number of nitrogens with one attached hydrogen (secondary N) is 1. The minimum absolute atomic E-state index is 0.761. The van der Waals surface area contributed by atoms with Crippen LogP contribution in [0.2, 0.25) is 0 Å². The molecule has 4 heteroatoms. The standard InChI is InChI=1S/C14H16N4/c1-2-6-13-12(5-1)14(18-10-17-13)16-9-11-4-3-7-15-8-11/h3-4,7-8,10H,1-2,5-6,9H2,(H,16,17,18). The maximum absolute atomic E-state index is 4.37. The van der Waals surface area contributed by atoms with Crippen LogP contribution in [-0.4, -0.2) is 15.0 Å². The molecule has 92 valence electrons. The predicted molar refractivity (Wildman–Crippen MR) is 70.2 cm³/mol. The monoisotopic (exact) mass is 240 g/mol. The van der Waals surface area contributed by atoms with Crippen LogP contribution in [0.4, 0.5) is 5.82 Å². The largest absolute Gasteiger partial charge is 0.366 e. The Balaban J connectivity index is 1.77. The second-order valence-electron chi connectivity index (χ2n) is 4.57. The molecule has 2 aromatic rings. The maximum Gasteiger partial charge on any atom is 0.133 e. The molecule has 1 aliphatic rings. The summed E-state index contributed by atoms with van der Waals surface area (Å²) < 4.78 is 0. The van der Waals surface area contributed by atoms with Gasteiger partial charge < -0.3 is 5.32 Å². The highest BCUT2D eigenvalue weighted by Crippen LogP contribution is 2.24. The maximum atomic E-state index is 4.37. The molecule has 0 saturated heterocycles. The van der Waals surface area contributed by atoms with Crippen LogP contribution in [0.1, 0.15) is 29.7 Å². The number of pyridine rings is 1. The summed E-state index contributed by atoms with van der Waals surface area (Å²) in [5.41, 5.74) is 3.68. The fraction of sp³-hybridized carbons (Fsp3) is 0.357. The number of aromatic nitrogens is 3. The number of hydrogen-bond acceptors (Lipinski definition) is 4. The van der Waals surface area contributed by atoms with Gasteiger partial charge in [-0.2, -0.15) is 0 Å². The number of aryl methyl sites for hydroxylation is 1. The molecule has 4 nitrogen and oxygen atoms in total. The zero-order chi connectivity index (χ0) is 12.2. The fourth-order valence-corrected chi connectivity index (χ4v) is 2.36. The second-order valence-corrected chi connectivity index (χ2v) is 4.57. The van der Waals surface area contributed by atoms with E-state index in [2.05, 4.69) is 26.3 Å². The van der Waals surface area contributed by atoms with E-state index in [1.807, 2.05) is 12.3 Å². The highest BCUT2D eigenvalue weighted by molar-refractivity contribution is 5.47. The molecule has 0 aromatic carbocycles. The van der Waals surface area contributed by atoms with Gasteiger partial charge in [0.15, 0.2) is 0 Å². The Morgan fingerprint density at radius 3 is 3.00 bits per heavy atom. The van der Waals surface area contributed by atoms with E-state index in [1.54, 1.807) is 12.5 Å². The molecule has 18 heavy (non-hydrogen) atoms. The summed E-state index contributed by atoms with van der Waals surface area (Å²) in [7, 11) is 0. The summed E-state index contributed by atoms with van der Waals surface area (Å²) in [6.45, 7) is 0.761. The van der Waals surface area contributed by atoms with Crippen molar-refractivity contribution in [1.82, 2.24) is 15.0 Å². The lowest BCUT2D eigenvalue weighted by Gasteiger charge is -2.17. The summed E-state index contributed by atoms with van der Waals surface area (Å²) >= 11 is 0. The third kappa shape index (κ3) is 2.32. The molecule has 1 aliphatic carbocycles. The lowest BCUT2D eigenvalue weighted by atomic mass is 9.96. The number of hydrogen-bond donors (Lipinski definition) is 1.